The lowest BCUT2D eigenvalue weighted by Crippen LogP contribution is -2.03. The molecule has 20 heavy (non-hydrogen) atoms. The van der Waals surface area contributed by atoms with E-state index in [1.165, 1.54) is 0 Å². The van der Waals surface area contributed by atoms with Crippen molar-refractivity contribution in [2.75, 3.05) is 11.9 Å². The highest BCUT2D eigenvalue weighted by Gasteiger charge is 2.17. The van der Waals surface area contributed by atoms with Crippen LogP contribution in [0.3, 0.4) is 0 Å². The van der Waals surface area contributed by atoms with Crippen molar-refractivity contribution in [2.24, 2.45) is 0 Å². The molecule has 4 nitrogen and oxygen atoms in total. The van der Waals surface area contributed by atoms with Gasteiger partial charge in [-0.1, -0.05) is 13.3 Å². The normalized spacial score (nSPS) is 11.8. The van der Waals surface area contributed by atoms with Crippen LogP contribution >= 0.6 is 0 Å². The van der Waals surface area contributed by atoms with E-state index in [2.05, 4.69) is 12.2 Å². The predicted octanol–water partition coefficient (Wildman–Crippen LogP) is 4.42. The quantitative estimate of drug-likeness (QED) is 0.544. The van der Waals surface area contributed by atoms with Crippen molar-refractivity contribution in [2.45, 2.75) is 19.8 Å². The molecule has 0 aromatic heterocycles. The van der Waals surface area contributed by atoms with Crippen molar-refractivity contribution in [3.63, 3.8) is 0 Å². The predicted molar refractivity (Wildman–Crippen MR) is 78.3 cm³/mol. The van der Waals surface area contributed by atoms with Gasteiger partial charge < -0.3 is 19.9 Å². The SMILES string of the molecule is CCCCOc1ccc2c(c1)Oc1cc(O)ccc1N2. The van der Waals surface area contributed by atoms with Gasteiger partial charge >= 0.3 is 0 Å². The zero-order chi connectivity index (χ0) is 13.9. The highest BCUT2D eigenvalue weighted by molar-refractivity contribution is 5.76. The van der Waals surface area contributed by atoms with Gasteiger partial charge in [-0.15, -0.1) is 0 Å². The third-order valence-electron chi connectivity index (χ3n) is 3.17. The summed E-state index contributed by atoms with van der Waals surface area (Å²) in [7, 11) is 0. The number of nitrogens with one attached hydrogen (secondary N) is 1. The second-order valence-electron chi connectivity index (χ2n) is 4.77. The van der Waals surface area contributed by atoms with Crippen LogP contribution in [-0.2, 0) is 0 Å². The molecule has 4 heteroatoms. The molecule has 3 rings (SSSR count). The van der Waals surface area contributed by atoms with Crippen LogP contribution in [0.5, 0.6) is 23.0 Å². The Labute approximate surface area is 118 Å². The number of anilines is 2. The average Bonchev–Trinajstić information content (AvgIpc) is 2.45. The molecule has 0 unspecified atom stereocenters. The second-order valence-corrected chi connectivity index (χ2v) is 4.77. The van der Waals surface area contributed by atoms with Crippen LogP contribution in [0.15, 0.2) is 36.4 Å². The third-order valence-corrected chi connectivity index (χ3v) is 3.17. The molecule has 1 heterocycles. The van der Waals surface area contributed by atoms with E-state index in [1.54, 1.807) is 18.2 Å². The Balaban J connectivity index is 1.81. The van der Waals surface area contributed by atoms with E-state index in [0.29, 0.717) is 18.1 Å². The van der Waals surface area contributed by atoms with E-state index in [-0.39, 0.29) is 5.75 Å². The maximum absolute atomic E-state index is 9.50. The van der Waals surface area contributed by atoms with Gasteiger partial charge in [-0.3, -0.25) is 0 Å². The molecule has 2 aromatic rings. The Bertz CT molecular complexity index is 625. The topological polar surface area (TPSA) is 50.7 Å². The molecule has 0 saturated carbocycles. The number of phenols is 1. The number of benzene rings is 2. The number of hydrogen-bond acceptors (Lipinski definition) is 4. The molecule has 0 saturated heterocycles. The standard InChI is InChI=1S/C16H17NO3/c1-2-3-8-19-12-5-7-14-16(10-12)20-15-9-11(18)4-6-13(15)17-14/h4-7,9-10,17-18H,2-3,8H2,1H3. The maximum Gasteiger partial charge on any atom is 0.154 e. The maximum atomic E-state index is 9.50. The van der Waals surface area contributed by atoms with Crippen molar-refractivity contribution in [1.82, 2.24) is 0 Å². The van der Waals surface area contributed by atoms with Crippen molar-refractivity contribution >= 4 is 11.4 Å². The van der Waals surface area contributed by atoms with Gasteiger partial charge in [0.15, 0.2) is 11.5 Å². The fourth-order valence-corrected chi connectivity index (χ4v) is 2.08. The van der Waals surface area contributed by atoms with Crippen LogP contribution in [-0.4, -0.2) is 11.7 Å². The Morgan fingerprint density at radius 2 is 1.85 bits per heavy atom. The van der Waals surface area contributed by atoms with Crippen LogP contribution in [0.25, 0.3) is 0 Å². The number of aromatic hydroxyl groups is 1. The van der Waals surface area contributed by atoms with Crippen LogP contribution in [0.2, 0.25) is 0 Å². The molecule has 2 N–H and O–H groups in total. The van der Waals surface area contributed by atoms with Gasteiger partial charge in [-0.25, -0.2) is 0 Å². The van der Waals surface area contributed by atoms with E-state index < -0.39 is 0 Å². The van der Waals surface area contributed by atoms with Gasteiger partial charge in [0.2, 0.25) is 0 Å². The van der Waals surface area contributed by atoms with Gasteiger partial charge in [0.05, 0.1) is 18.0 Å². The van der Waals surface area contributed by atoms with Gasteiger partial charge in [0, 0.05) is 12.1 Å². The zero-order valence-corrected chi connectivity index (χ0v) is 11.3. The fourth-order valence-electron chi connectivity index (χ4n) is 2.08. The Morgan fingerprint density at radius 1 is 1.10 bits per heavy atom. The number of phenolic OH excluding ortho intramolecular Hbond substituents is 1. The van der Waals surface area contributed by atoms with Crippen LogP contribution in [0.4, 0.5) is 11.4 Å². The summed E-state index contributed by atoms with van der Waals surface area (Å²) in [6.07, 6.45) is 2.14. The summed E-state index contributed by atoms with van der Waals surface area (Å²) in [5.74, 6) is 2.30. The van der Waals surface area contributed by atoms with Gasteiger partial charge in [0.1, 0.15) is 11.5 Å². The van der Waals surface area contributed by atoms with E-state index in [1.807, 2.05) is 18.2 Å². The molecule has 104 valence electrons. The molecule has 0 spiro atoms. The van der Waals surface area contributed by atoms with Crippen LogP contribution in [0, 0.1) is 0 Å². The summed E-state index contributed by atoms with van der Waals surface area (Å²) in [6.45, 7) is 2.84. The smallest absolute Gasteiger partial charge is 0.154 e. The summed E-state index contributed by atoms with van der Waals surface area (Å²) >= 11 is 0. The lowest BCUT2D eigenvalue weighted by atomic mass is 10.2. The minimum absolute atomic E-state index is 0.185. The number of hydrogen-bond donors (Lipinski definition) is 2. The van der Waals surface area contributed by atoms with E-state index in [0.717, 1.165) is 30.0 Å². The Morgan fingerprint density at radius 3 is 2.65 bits per heavy atom. The van der Waals surface area contributed by atoms with Crippen LogP contribution in [0.1, 0.15) is 19.8 Å². The molecule has 0 radical (unpaired) electrons. The molecule has 0 bridgehead atoms. The summed E-state index contributed by atoms with van der Waals surface area (Å²) in [5.41, 5.74) is 1.74. The van der Waals surface area contributed by atoms with Crippen LogP contribution < -0.4 is 14.8 Å². The van der Waals surface area contributed by atoms with Gasteiger partial charge in [-0.2, -0.15) is 0 Å². The molecule has 0 amide bonds. The molecule has 1 aliphatic heterocycles. The minimum atomic E-state index is 0.185. The molecular formula is C16H17NO3. The highest BCUT2D eigenvalue weighted by Crippen LogP contribution is 2.44. The number of rotatable bonds is 4. The number of fused-ring (bicyclic) bond motifs is 2. The fraction of sp³-hybridized carbons (Fsp3) is 0.250. The Kier molecular flexibility index (Phi) is 3.37. The summed E-state index contributed by atoms with van der Waals surface area (Å²) < 4.78 is 11.5. The number of unbranched alkanes of at least 4 members (excludes halogenated alkanes) is 1. The molecule has 0 aliphatic carbocycles. The van der Waals surface area contributed by atoms with Crippen molar-refractivity contribution in [3.05, 3.63) is 36.4 Å². The first-order chi connectivity index (χ1) is 9.76. The molecule has 2 aromatic carbocycles. The monoisotopic (exact) mass is 271 g/mol. The summed E-state index contributed by atoms with van der Waals surface area (Å²) in [6, 6.07) is 10.7. The number of ether oxygens (including phenoxy) is 2. The lowest BCUT2D eigenvalue weighted by Gasteiger charge is -2.22. The minimum Gasteiger partial charge on any atom is -0.508 e. The lowest BCUT2D eigenvalue weighted by molar-refractivity contribution is 0.308. The summed E-state index contributed by atoms with van der Waals surface area (Å²) in [4.78, 5) is 0. The average molecular weight is 271 g/mol. The Hall–Kier alpha value is -2.36. The molecule has 1 aliphatic rings. The zero-order valence-electron chi connectivity index (χ0n) is 11.3. The van der Waals surface area contributed by atoms with E-state index >= 15 is 0 Å². The first kappa shape index (κ1) is 12.7. The second kappa shape index (κ2) is 5.33. The van der Waals surface area contributed by atoms with E-state index in [4.69, 9.17) is 9.47 Å². The first-order valence-electron chi connectivity index (χ1n) is 6.81. The van der Waals surface area contributed by atoms with Crippen molar-refractivity contribution < 1.29 is 14.6 Å². The summed E-state index contributed by atoms with van der Waals surface area (Å²) in [5, 5.41) is 12.8. The third kappa shape index (κ3) is 2.50. The molecule has 0 atom stereocenters. The van der Waals surface area contributed by atoms with Gasteiger partial charge in [-0.05, 0) is 30.7 Å². The highest BCUT2D eigenvalue weighted by atomic mass is 16.5. The van der Waals surface area contributed by atoms with E-state index in [9.17, 15) is 5.11 Å². The van der Waals surface area contributed by atoms with Gasteiger partial charge in [0.25, 0.3) is 0 Å². The van der Waals surface area contributed by atoms with Crippen molar-refractivity contribution in [3.8, 4) is 23.0 Å². The molecule has 0 fully saturated rings. The largest absolute Gasteiger partial charge is 0.508 e. The molecular weight excluding hydrogens is 254 g/mol. The first-order valence-corrected chi connectivity index (χ1v) is 6.81. The van der Waals surface area contributed by atoms with Crippen molar-refractivity contribution in [1.29, 1.82) is 0 Å².